The van der Waals surface area contributed by atoms with Crippen molar-refractivity contribution in [2.24, 2.45) is 5.92 Å². The third-order valence-electron chi connectivity index (χ3n) is 3.80. The fourth-order valence-corrected chi connectivity index (χ4v) is 2.38. The summed E-state index contributed by atoms with van der Waals surface area (Å²) in [6, 6.07) is 4.72. The van der Waals surface area contributed by atoms with E-state index in [1.165, 1.54) is 6.07 Å². The third-order valence-corrected chi connectivity index (χ3v) is 3.80. The number of piperidine rings is 1. The van der Waals surface area contributed by atoms with Crippen molar-refractivity contribution in [3.63, 3.8) is 0 Å². The molecule has 1 saturated heterocycles. The van der Waals surface area contributed by atoms with Crippen LogP contribution in [0.3, 0.4) is 0 Å². The molecule has 1 aliphatic rings. The van der Waals surface area contributed by atoms with Crippen LogP contribution in [0.5, 0.6) is 5.75 Å². The molecule has 1 aliphatic heterocycles. The number of likely N-dealkylation sites (tertiary alicyclic amines) is 1. The van der Waals surface area contributed by atoms with Gasteiger partial charge in [0.2, 0.25) is 0 Å². The van der Waals surface area contributed by atoms with Gasteiger partial charge in [0, 0.05) is 19.2 Å². The molecule has 0 radical (unpaired) electrons. The molecule has 0 unspecified atom stereocenters. The van der Waals surface area contributed by atoms with Gasteiger partial charge in [0.25, 0.3) is 5.91 Å². The second kappa shape index (κ2) is 6.56. The van der Waals surface area contributed by atoms with E-state index in [4.69, 9.17) is 4.74 Å². The maximum atomic E-state index is 12.1. The maximum Gasteiger partial charge on any atom is 0.311 e. The van der Waals surface area contributed by atoms with Crippen LogP contribution in [-0.4, -0.2) is 35.4 Å². The molecule has 1 aromatic rings. The summed E-state index contributed by atoms with van der Waals surface area (Å²) in [6.07, 6.45) is 1.99. The summed E-state index contributed by atoms with van der Waals surface area (Å²) < 4.78 is 5.36. The SMILES string of the molecule is Cc1ccc(OCC(=O)N2CCC(C)CC2)c([N+](=O)[O-])c1. The zero-order chi connectivity index (χ0) is 15.4. The minimum atomic E-state index is -0.491. The number of rotatable bonds is 4. The van der Waals surface area contributed by atoms with Gasteiger partial charge in [-0.05, 0) is 37.3 Å². The number of aryl methyl sites for hydroxylation is 1. The second-order valence-corrected chi connectivity index (χ2v) is 5.58. The Kier molecular flexibility index (Phi) is 4.77. The first-order chi connectivity index (χ1) is 9.97. The molecule has 0 atom stereocenters. The molecule has 1 heterocycles. The van der Waals surface area contributed by atoms with E-state index in [0.717, 1.165) is 31.5 Å². The van der Waals surface area contributed by atoms with Gasteiger partial charge in [-0.25, -0.2) is 0 Å². The number of carbonyl (C=O) groups is 1. The van der Waals surface area contributed by atoms with Crippen LogP contribution in [0, 0.1) is 23.0 Å². The molecule has 0 aromatic heterocycles. The van der Waals surface area contributed by atoms with Gasteiger partial charge in [-0.3, -0.25) is 14.9 Å². The molecule has 21 heavy (non-hydrogen) atoms. The summed E-state index contributed by atoms with van der Waals surface area (Å²) in [7, 11) is 0. The highest BCUT2D eigenvalue weighted by Gasteiger charge is 2.22. The number of hydrogen-bond donors (Lipinski definition) is 0. The largest absolute Gasteiger partial charge is 0.477 e. The van der Waals surface area contributed by atoms with Gasteiger partial charge in [-0.2, -0.15) is 0 Å². The van der Waals surface area contributed by atoms with Gasteiger partial charge in [-0.1, -0.05) is 13.0 Å². The van der Waals surface area contributed by atoms with Crippen LogP contribution >= 0.6 is 0 Å². The van der Waals surface area contributed by atoms with Crippen molar-refractivity contribution in [1.29, 1.82) is 0 Å². The molecule has 6 nitrogen and oxygen atoms in total. The van der Waals surface area contributed by atoms with Crippen LogP contribution in [0.25, 0.3) is 0 Å². The Labute approximate surface area is 123 Å². The summed E-state index contributed by atoms with van der Waals surface area (Å²) in [5, 5.41) is 11.0. The lowest BCUT2D eigenvalue weighted by molar-refractivity contribution is -0.385. The summed E-state index contributed by atoms with van der Waals surface area (Å²) in [6.45, 7) is 5.27. The van der Waals surface area contributed by atoms with Gasteiger partial charge in [-0.15, -0.1) is 0 Å². The van der Waals surface area contributed by atoms with E-state index in [2.05, 4.69) is 6.92 Å². The van der Waals surface area contributed by atoms with Crippen LogP contribution < -0.4 is 4.74 Å². The molecule has 0 spiro atoms. The Morgan fingerprint density at radius 1 is 1.43 bits per heavy atom. The van der Waals surface area contributed by atoms with Crippen molar-refractivity contribution in [2.45, 2.75) is 26.7 Å². The van der Waals surface area contributed by atoms with Crippen LogP contribution in [0.2, 0.25) is 0 Å². The van der Waals surface area contributed by atoms with Gasteiger partial charge < -0.3 is 9.64 Å². The minimum Gasteiger partial charge on any atom is -0.477 e. The lowest BCUT2D eigenvalue weighted by Gasteiger charge is -2.30. The van der Waals surface area contributed by atoms with Gasteiger partial charge in [0.05, 0.1) is 4.92 Å². The smallest absolute Gasteiger partial charge is 0.311 e. The molecule has 1 amide bonds. The Bertz CT molecular complexity index is 536. The minimum absolute atomic E-state index is 0.102. The van der Waals surface area contributed by atoms with Crippen molar-refractivity contribution in [3.8, 4) is 5.75 Å². The predicted octanol–water partition coefficient (Wildman–Crippen LogP) is 2.54. The lowest BCUT2D eigenvalue weighted by atomic mass is 9.99. The topological polar surface area (TPSA) is 72.7 Å². The van der Waals surface area contributed by atoms with E-state index in [1.54, 1.807) is 24.0 Å². The molecular formula is C15H20N2O4. The Morgan fingerprint density at radius 3 is 2.71 bits per heavy atom. The number of carbonyl (C=O) groups excluding carboxylic acids is 1. The van der Waals surface area contributed by atoms with Crippen molar-refractivity contribution in [1.82, 2.24) is 4.90 Å². The number of benzene rings is 1. The molecule has 114 valence electrons. The number of amides is 1. The van der Waals surface area contributed by atoms with E-state index in [0.29, 0.717) is 5.92 Å². The number of ether oxygens (including phenoxy) is 1. The average Bonchev–Trinajstić information content (AvgIpc) is 2.46. The fraction of sp³-hybridized carbons (Fsp3) is 0.533. The summed E-state index contributed by atoms with van der Waals surface area (Å²) in [5.74, 6) is 0.675. The monoisotopic (exact) mass is 292 g/mol. The first-order valence-corrected chi connectivity index (χ1v) is 7.13. The van der Waals surface area contributed by atoms with Crippen LogP contribution in [0.4, 0.5) is 5.69 Å². The first-order valence-electron chi connectivity index (χ1n) is 7.13. The Morgan fingerprint density at radius 2 is 2.10 bits per heavy atom. The highest BCUT2D eigenvalue weighted by Crippen LogP contribution is 2.27. The molecular weight excluding hydrogens is 272 g/mol. The maximum absolute atomic E-state index is 12.1. The molecule has 6 heteroatoms. The van der Waals surface area contributed by atoms with Crippen molar-refractivity contribution in [2.75, 3.05) is 19.7 Å². The van der Waals surface area contributed by atoms with Crippen molar-refractivity contribution >= 4 is 11.6 Å². The quantitative estimate of drug-likeness (QED) is 0.631. The van der Waals surface area contributed by atoms with E-state index >= 15 is 0 Å². The zero-order valence-electron chi connectivity index (χ0n) is 12.4. The fourth-order valence-electron chi connectivity index (χ4n) is 2.38. The molecule has 2 rings (SSSR count). The number of nitro benzene ring substituents is 1. The predicted molar refractivity (Wildman–Crippen MR) is 78.3 cm³/mol. The lowest BCUT2D eigenvalue weighted by Crippen LogP contribution is -2.40. The van der Waals surface area contributed by atoms with E-state index in [9.17, 15) is 14.9 Å². The standard InChI is InChI=1S/C15H20N2O4/c1-11-5-7-16(8-6-11)15(18)10-21-14-4-3-12(2)9-13(14)17(19)20/h3-4,9,11H,5-8,10H2,1-2H3. The van der Waals surface area contributed by atoms with Gasteiger partial charge >= 0.3 is 5.69 Å². The molecule has 0 saturated carbocycles. The molecule has 1 fully saturated rings. The highest BCUT2D eigenvalue weighted by molar-refractivity contribution is 5.78. The molecule has 0 aliphatic carbocycles. The van der Waals surface area contributed by atoms with Gasteiger partial charge in [0.15, 0.2) is 12.4 Å². The number of nitrogens with zero attached hydrogens (tertiary/aromatic N) is 2. The van der Waals surface area contributed by atoms with Gasteiger partial charge in [0.1, 0.15) is 0 Å². The third kappa shape index (κ3) is 3.93. The van der Waals surface area contributed by atoms with Crippen molar-refractivity contribution < 1.29 is 14.5 Å². The normalized spacial score (nSPS) is 15.8. The summed E-state index contributed by atoms with van der Waals surface area (Å²) in [4.78, 5) is 24.3. The van der Waals surface area contributed by atoms with E-state index in [1.807, 2.05) is 0 Å². The Balaban J connectivity index is 1.96. The number of nitro groups is 1. The van der Waals surface area contributed by atoms with Crippen LogP contribution in [0.1, 0.15) is 25.3 Å². The first kappa shape index (κ1) is 15.3. The van der Waals surface area contributed by atoms with Crippen LogP contribution in [-0.2, 0) is 4.79 Å². The second-order valence-electron chi connectivity index (χ2n) is 5.58. The summed E-state index contributed by atoms with van der Waals surface area (Å²) in [5.41, 5.74) is 0.681. The van der Waals surface area contributed by atoms with Crippen LogP contribution in [0.15, 0.2) is 18.2 Å². The molecule has 0 N–H and O–H groups in total. The Hall–Kier alpha value is -2.11. The highest BCUT2D eigenvalue weighted by atomic mass is 16.6. The zero-order valence-corrected chi connectivity index (χ0v) is 12.4. The molecule has 1 aromatic carbocycles. The van der Waals surface area contributed by atoms with E-state index < -0.39 is 4.92 Å². The molecule has 0 bridgehead atoms. The van der Waals surface area contributed by atoms with E-state index in [-0.39, 0.29) is 24.0 Å². The average molecular weight is 292 g/mol. The number of hydrogen-bond acceptors (Lipinski definition) is 4. The van der Waals surface area contributed by atoms with Crippen molar-refractivity contribution in [3.05, 3.63) is 33.9 Å². The summed E-state index contributed by atoms with van der Waals surface area (Å²) >= 11 is 0.